The van der Waals surface area contributed by atoms with Crippen molar-refractivity contribution in [3.05, 3.63) is 30.1 Å². The van der Waals surface area contributed by atoms with Crippen LogP contribution in [0.25, 0.3) is 0 Å². The molecule has 1 aliphatic heterocycles. The van der Waals surface area contributed by atoms with Crippen molar-refractivity contribution in [1.29, 1.82) is 0 Å². The third-order valence-corrected chi connectivity index (χ3v) is 4.91. The smallest absolute Gasteiger partial charge is 0.228 e. The third kappa shape index (κ3) is 3.37. The van der Waals surface area contributed by atoms with E-state index in [9.17, 15) is 14.0 Å². The highest BCUT2D eigenvalue weighted by molar-refractivity contribution is 5.93. The number of carbonyl (C=O) groups is 2. The van der Waals surface area contributed by atoms with E-state index in [0.717, 1.165) is 12.8 Å². The minimum absolute atomic E-state index is 0.0478. The van der Waals surface area contributed by atoms with Crippen molar-refractivity contribution in [2.45, 2.75) is 19.3 Å². The predicted molar refractivity (Wildman–Crippen MR) is 83.0 cm³/mol. The number of anilines is 1. The number of rotatable bonds is 4. The van der Waals surface area contributed by atoms with Gasteiger partial charge in [-0.25, -0.2) is 4.39 Å². The molecule has 3 rings (SSSR count). The second-order valence-corrected chi connectivity index (χ2v) is 6.40. The molecule has 1 saturated heterocycles. The lowest BCUT2D eigenvalue weighted by molar-refractivity contribution is -0.137. The fourth-order valence-corrected chi connectivity index (χ4v) is 3.90. The molecule has 6 heteroatoms. The Morgan fingerprint density at radius 3 is 2.57 bits per heavy atom. The summed E-state index contributed by atoms with van der Waals surface area (Å²) >= 11 is 0. The number of aliphatic hydroxyl groups is 1. The Morgan fingerprint density at radius 1 is 1.26 bits per heavy atom. The van der Waals surface area contributed by atoms with Crippen LogP contribution in [-0.4, -0.2) is 41.5 Å². The first kappa shape index (κ1) is 15.9. The summed E-state index contributed by atoms with van der Waals surface area (Å²) in [7, 11) is 0. The minimum atomic E-state index is -0.379. The van der Waals surface area contributed by atoms with Crippen LogP contribution in [0.5, 0.6) is 0 Å². The highest BCUT2D eigenvalue weighted by Gasteiger charge is 2.46. The average molecular weight is 320 g/mol. The van der Waals surface area contributed by atoms with Gasteiger partial charge < -0.3 is 15.3 Å². The van der Waals surface area contributed by atoms with Gasteiger partial charge in [-0.1, -0.05) is 6.07 Å². The Morgan fingerprint density at radius 2 is 1.96 bits per heavy atom. The summed E-state index contributed by atoms with van der Waals surface area (Å²) in [6.45, 7) is 0.987. The normalized spacial score (nSPS) is 26.2. The molecule has 23 heavy (non-hydrogen) atoms. The van der Waals surface area contributed by atoms with E-state index in [2.05, 4.69) is 5.32 Å². The molecule has 2 amide bonds. The molecule has 2 aliphatic rings. The second kappa shape index (κ2) is 6.66. The van der Waals surface area contributed by atoms with Crippen molar-refractivity contribution in [1.82, 2.24) is 4.90 Å². The monoisotopic (exact) mass is 320 g/mol. The lowest BCUT2D eigenvalue weighted by Crippen LogP contribution is -2.48. The molecule has 1 heterocycles. The Hall–Kier alpha value is -1.95. The Labute approximate surface area is 134 Å². The van der Waals surface area contributed by atoms with Crippen molar-refractivity contribution >= 4 is 17.5 Å². The molecule has 0 spiro atoms. The number of benzene rings is 1. The number of fused-ring (bicyclic) bond motifs is 2. The van der Waals surface area contributed by atoms with Crippen LogP contribution >= 0.6 is 0 Å². The zero-order valence-electron chi connectivity index (χ0n) is 12.9. The summed E-state index contributed by atoms with van der Waals surface area (Å²) in [6.07, 6.45) is 1.99. The van der Waals surface area contributed by atoms with Crippen molar-refractivity contribution in [3.8, 4) is 0 Å². The van der Waals surface area contributed by atoms with Gasteiger partial charge in [-0.3, -0.25) is 9.59 Å². The quantitative estimate of drug-likeness (QED) is 0.886. The van der Waals surface area contributed by atoms with Gasteiger partial charge in [-0.15, -0.1) is 0 Å². The number of halogens is 1. The molecule has 0 aromatic heterocycles. The van der Waals surface area contributed by atoms with Crippen LogP contribution in [0.15, 0.2) is 24.3 Å². The number of amides is 2. The number of nitrogens with one attached hydrogen (secondary N) is 1. The summed E-state index contributed by atoms with van der Waals surface area (Å²) in [6, 6.07) is 5.88. The molecule has 1 saturated carbocycles. The van der Waals surface area contributed by atoms with E-state index >= 15 is 0 Å². The van der Waals surface area contributed by atoms with Gasteiger partial charge in [0.1, 0.15) is 5.82 Å². The Bertz CT molecular complexity index is 593. The van der Waals surface area contributed by atoms with Gasteiger partial charge in [0.25, 0.3) is 0 Å². The van der Waals surface area contributed by atoms with Crippen molar-refractivity contribution in [2.75, 3.05) is 25.0 Å². The molecule has 5 nitrogen and oxygen atoms in total. The average Bonchev–Trinajstić information content (AvgIpc) is 2.78. The van der Waals surface area contributed by atoms with E-state index < -0.39 is 0 Å². The fourth-order valence-electron chi connectivity index (χ4n) is 3.90. The lowest BCUT2D eigenvalue weighted by Gasteiger charge is -2.37. The molecule has 2 fully saturated rings. The summed E-state index contributed by atoms with van der Waals surface area (Å²) in [5.74, 6) is -0.354. The van der Waals surface area contributed by atoms with E-state index in [-0.39, 0.29) is 48.4 Å². The predicted octanol–water partition coefficient (Wildman–Crippen LogP) is 1.63. The third-order valence-electron chi connectivity index (χ3n) is 4.91. The SMILES string of the molecule is O=C(Nc1cccc(F)c1)C1[C@H]2CC[C@H]1CN(C(=O)CCO)C2. The van der Waals surface area contributed by atoms with Gasteiger partial charge in [0.15, 0.2) is 0 Å². The maximum atomic E-state index is 13.2. The number of likely N-dealkylation sites (tertiary alicyclic amines) is 1. The fraction of sp³-hybridized carbons (Fsp3) is 0.529. The Kier molecular flexibility index (Phi) is 4.61. The zero-order valence-corrected chi connectivity index (χ0v) is 12.9. The minimum Gasteiger partial charge on any atom is -0.396 e. The van der Waals surface area contributed by atoms with Gasteiger partial charge in [-0.2, -0.15) is 0 Å². The molecular weight excluding hydrogens is 299 g/mol. The summed E-state index contributed by atoms with van der Waals surface area (Å²) in [4.78, 5) is 26.3. The number of piperidine rings is 1. The molecule has 2 bridgehead atoms. The van der Waals surface area contributed by atoms with Crippen LogP contribution in [0, 0.1) is 23.6 Å². The van der Waals surface area contributed by atoms with Crippen molar-refractivity contribution < 1.29 is 19.1 Å². The Balaban J connectivity index is 1.66. The van der Waals surface area contributed by atoms with E-state index in [1.807, 2.05) is 0 Å². The topological polar surface area (TPSA) is 69.6 Å². The molecule has 124 valence electrons. The number of hydrogen-bond acceptors (Lipinski definition) is 3. The van der Waals surface area contributed by atoms with Gasteiger partial charge in [0, 0.05) is 31.1 Å². The number of nitrogens with zero attached hydrogens (tertiary/aromatic N) is 1. The lowest BCUT2D eigenvalue weighted by atomic mass is 9.84. The van der Waals surface area contributed by atoms with Crippen LogP contribution in [0.3, 0.4) is 0 Å². The van der Waals surface area contributed by atoms with E-state index in [0.29, 0.717) is 18.8 Å². The molecule has 0 unspecified atom stereocenters. The van der Waals surface area contributed by atoms with Gasteiger partial charge in [-0.05, 0) is 42.9 Å². The maximum absolute atomic E-state index is 13.2. The zero-order chi connectivity index (χ0) is 16.4. The maximum Gasteiger partial charge on any atom is 0.228 e. The summed E-state index contributed by atoms with van der Waals surface area (Å²) in [5.41, 5.74) is 0.466. The van der Waals surface area contributed by atoms with Gasteiger partial charge in [0.2, 0.25) is 11.8 Å². The molecule has 1 aromatic rings. The van der Waals surface area contributed by atoms with Crippen molar-refractivity contribution in [3.63, 3.8) is 0 Å². The highest BCUT2D eigenvalue weighted by Crippen LogP contribution is 2.42. The first-order valence-electron chi connectivity index (χ1n) is 8.03. The summed E-state index contributed by atoms with van der Waals surface area (Å²) in [5, 5.41) is 11.7. The molecule has 1 aliphatic carbocycles. The van der Waals surface area contributed by atoms with Crippen LogP contribution in [0.2, 0.25) is 0 Å². The number of hydrogen-bond donors (Lipinski definition) is 2. The highest BCUT2D eigenvalue weighted by atomic mass is 19.1. The molecule has 1 aromatic carbocycles. The molecule has 2 N–H and O–H groups in total. The first-order chi connectivity index (χ1) is 11.1. The standard InChI is InChI=1S/C17H21FN2O3/c18-13-2-1-3-14(8-13)19-17(23)16-11-4-5-12(16)10-20(9-11)15(22)6-7-21/h1-3,8,11-12,16,21H,4-7,9-10H2,(H,19,23)/t11-,12-/m0/s1. The number of aliphatic hydroxyl groups excluding tert-OH is 1. The molecule has 0 radical (unpaired) electrons. The largest absolute Gasteiger partial charge is 0.396 e. The van der Waals surface area contributed by atoms with Crippen LogP contribution in [0.1, 0.15) is 19.3 Å². The molecule has 2 atom stereocenters. The van der Waals surface area contributed by atoms with Gasteiger partial charge in [0.05, 0.1) is 6.61 Å². The van der Waals surface area contributed by atoms with E-state index in [1.165, 1.54) is 12.1 Å². The van der Waals surface area contributed by atoms with Crippen LogP contribution in [-0.2, 0) is 9.59 Å². The number of carbonyl (C=O) groups excluding carboxylic acids is 2. The second-order valence-electron chi connectivity index (χ2n) is 6.40. The van der Waals surface area contributed by atoms with E-state index in [4.69, 9.17) is 5.11 Å². The van der Waals surface area contributed by atoms with E-state index in [1.54, 1.807) is 17.0 Å². The van der Waals surface area contributed by atoms with Gasteiger partial charge >= 0.3 is 0 Å². The first-order valence-corrected chi connectivity index (χ1v) is 8.03. The van der Waals surface area contributed by atoms with Crippen LogP contribution in [0.4, 0.5) is 10.1 Å². The summed E-state index contributed by atoms with van der Waals surface area (Å²) < 4.78 is 13.2. The molecular formula is C17H21FN2O3. The van der Waals surface area contributed by atoms with Crippen molar-refractivity contribution in [2.24, 2.45) is 17.8 Å². The van der Waals surface area contributed by atoms with Crippen LogP contribution < -0.4 is 5.32 Å².